The standard InChI is InChI=1S/C22H38N4O7/c1-5-13(4)18(20(30)24-15(22(32)33)11-12(2)3)25-19(29)16-7-6-10-26(16)21(31)14(23)8-9-17(27)28/h12-16,18H,5-11,23H2,1-4H3,(H,24,30)(H,25,29)(H,27,28)(H,32,33). The molecular formula is C22H38N4O7. The number of rotatable bonds is 13. The molecular weight excluding hydrogens is 432 g/mol. The summed E-state index contributed by atoms with van der Waals surface area (Å²) in [5.41, 5.74) is 5.84. The molecule has 0 aliphatic carbocycles. The number of nitrogens with two attached hydrogens (primary N) is 1. The molecule has 5 atom stereocenters. The number of carboxylic acid groups (broad SMARTS) is 2. The Kier molecular flexibility index (Phi) is 11.3. The fourth-order valence-corrected chi connectivity index (χ4v) is 3.82. The van der Waals surface area contributed by atoms with E-state index in [4.69, 9.17) is 10.8 Å². The Morgan fingerprint density at radius 2 is 1.73 bits per heavy atom. The molecule has 1 heterocycles. The van der Waals surface area contributed by atoms with Crippen LogP contribution in [0.3, 0.4) is 0 Å². The average molecular weight is 471 g/mol. The van der Waals surface area contributed by atoms with Crippen molar-refractivity contribution >= 4 is 29.7 Å². The molecule has 0 aromatic rings. The second kappa shape index (κ2) is 13.1. The van der Waals surface area contributed by atoms with Crippen LogP contribution < -0.4 is 16.4 Å². The summed E-state index contributed by atoms with van der Waals surface area (Å²) in [4.78, 5) is 62.3. The molecule has 6 N–H and O–H groups in total. The van der Waals surface area contributed by atoms with E-state index in [-0.39, 0.29) is 31.1 Å². The maximum Gasteiger partial charge on any atom is 0.326 e. The van der Waals surface area contributed by atoms with Crippen LogP contribution in [0.1, 0.15) is 66.2 Å². The first-order valence-electron chi connectivity index (χ1n) is 11.5. The van der Waals surface area contributed by atoms with Crippen molar-refractivity contribution in [3.63, 3.8) is 0 Å². The number of carboxylic acids is 2. The number of hydrogen-bond acceptors (Lipinski definition) is 6. The molecule has 0 aromatic heterocycles. The quantitative estimate of drug-likeness (QED) is 0.255. The van der Waals surface area contributed by atoms with Gasteiger partial charge >= 0.3 is 11.9 Å². The van der Waals surface area contributed by atoms with Gasteiger partial charge in [0, 0.05) is 13.0 Å². The predicted octanol–water partition coefficient (Wildman–Crippen LogP) is 0.316. The van der Waals surface area contributed by atoms with Gasteiger partial charge < -0.3 is 31.5 Å². The highest BCUT2D eigenvalue weighted by Crippen LogP contribution is 2.20. The Bertz CT molecular complexity index is 728. The van der Waals surface area contributed by atoms with Crippen molar-refractivity contribution in [3.8, 4) is 0 Å². The van der Waals surface area contributed by atoms with E-state index in [0.717, 1.165) is 0 Å². The van der Waals surface area contributed by atoms with Crippen LogP contribution in [-0.4, -0.2) is 75.5 Å². The van der Waals surface area contributed by atoms with Crippen molar-refractivity contribution in [2.45, 2.75) is 90.4 Å². The van der Waals surface area contributed by atoms with Gasteiger partial charge in [-0.3, -0.25) is 19.2 Å². The second-order valence-electron chi connectivity index (χ2n) is 9.13. The number of amides is 3. The highest BCUT2D eigenvalue weighted by molar-refractivity contribution is 5.94. The number of likely N-dealkylation sites (tertiary alicyclic amines) is 1. The molecule has 0 saturated carbocycles. The molecule has 0 bridgehead atoms. The average Bonchev–Trinajstić information content (AvgIpc) is 3.23. The molecule has 1 aliphatic rings. The van der Waals surface area contributed by atoms with E-state index >= 15 is 0 Å². The number of aliphatic carboxylic acids is 2. The molecule has 0 aromatic carbocycles. The van der Waals surface area contributed by atoms with Crippen molar-refractivity contribution in [1.82, 2.24) is 15.5 Å². The zero-order valence-corrected chi connectivity index (χ0v) is 19.9. The molecule has 0 radical (unpaired) electrons. The minimum Gasteiger partial charge on any atom is -0.481 e. The summed E-state index contributed by atoms with van der Waals surface area (Å²) in [6.45, 7) is 7.65. The molecule has 188 valence electrons. The molecule has 0 spiro atoms. The summed E-state index contributed by atoms with van der Waals surface area (Å²) in [5, 5.41) is 23.5. The molecule has 11 nitrogen and oxygen atoms in total. The van der Waals surface area contributed by atoms with Gasteiger partial charge in [0.25, 0.3) is 0 Å². The van der Waals surface area contributed by atoms with Gasteiger partial charge in [-0.15, -0.1) is 0 Å². The van der Waals surface area contributed by atoms with Gasteiger partial charge in [-0.1, -0.05) is 34.1 Å². The largest absolute Gasteiger partial charge is 0.481 e. The summed E-state index contributed by atoms with van der Waals surface area (Å²) < 4.78 is 0. The Labute approximate surface area is 194 Å². The molecule has 1 aliphatic heterocycles. The lowest BCUT2D eigenvalue weighted by atomic mass is 9.96. The van der Waals surface area contributed by atoms with Gasteiger partial charge in [-0.25, -0.2) is 4.79 Å². The van der Waals surface area contributed by atoms with E-state index < -0.39 is 53.8 Å². The van der Waals surface area contributed by atoms with Crippen LogP contribution in [0.5, 0.6) is 0 Å². The lowest BCUT2D eigenvalue weighted by Gasteiger charge is -2.30. The van der Waals surface area contributed by atoms with E-state index in [0.29, 0.717) is 25.8 Å². The van der Waals surface area contributed by atoms with Crippen LogP contribution in [-0.2, 0) is 24.0 Å². The van der Waals surface area contributed by atoms with Gasteiger partial charge in [0.15, 0.2) is 0 Å². The van der Waals surface area contributed by atoms with Crippen LogP contribution >= 0.6 is 0 Å². The zero-order valence-electron chi connectivity index (χ0n) is 19.9. The van der Waals surface area contributed by atoms with Crippen LogP contribution in [0.2, 0.25) is 0 Å². The van der Waals surface area contributed by atoms with Crippen molar-refractivity contribution in [2.75, 3.05) is 6.54 Å². The second-order valence-corrected chi connectivity index (χ2v) is 9.13. The summed E-state index contributed by atoms with van der Waals surface area (Å²) in [6.07, 6.45) is 1.49. The van der Waals surface area contributed by atoms with E-state index in [1.54, 1.807) is 6.92 Å². The maximum absolute atomic E-state index is 13.0. The molecule has 3 amide bonds. The first kappa shape index (κ1) is 28.3. The number of hydrogen-bond donors (Lipinski definition) is 5. The third-order valence-corrected chi connectivity index (χ3v) is 5.94. The number of carbonyl (C=O) groups is 5. The topological polar surface area (TPSA) is 179 Å². The smallest absolute Gasteiger partial charge is 0.326 e. The SMILES string of the molecule is CCC(C)C(NC(=O)C1CCCN1C(=O)C(N)CCC(=O)O)C(=O)NC(CC(C)C)C(=O)O. The van der Waals surface area contributed by atoms with Gasteiger partial charge in [-0.2, -0.15) is 0 Å². The van der Waals surface area contributed by atoms with Crippen LogP contribution in [0, 0.1) is 11.8 Å². The molecule has 5 unspecified atom stereocenters. The minimum atomic E-state index is -1.14. The third kappa shape index (κ3) is 8.64. The van der Waals surface area contributed by atoms with Gasteiger partial charge in [0.2, 0.25) is 17.7 Å². The molecule has 1 fully saturated rings. The first-order chi connectivity index (χ1) is 15.4. The van der Waals surface area contributed by atoms with Crippen LogP contribution in [0.4, 0.5) is 0 Å². The molecule has 11 heteroatoms. The lowest BCUT2D eigenvalue weighted by Crippen LogP contribution is -2.58. The highest BCUT2D eigenvalue weighted by Gasteiger charge is 2.38. The third-order valence-electron chi connectivity index (χ3n) is 5.94. The van der Waals surface area contributed by atoms with Crippen molar-refractivity contribution in [2.24, 2.45) is 17.6 Å². The Hall–Kier alpha value is -2.69. The van der Waals surface area contributed by atoms with Gasteiger partial charge in [-0.05, 0) is 37.5 Å². The molecule has 33 heavy (non-hydrogen) atoms. The predicted molar refractivity (Wildman–Crippen MR) is 120 cm³/mol. The summed E-state index contributed by atoms with van der Waals surface area (Å²) in [6, 6.07) is -3.89. The van der Waals surface area contributed by atoms with Gasteiger partial charge in [0.05, 0.1) is 6.04 Å². The summed E-state index contributed by atoms with van der Waals surface area (Å²) >= 11 is 0. The maximum atomic E-state index is 13.0. The zero-order chi connectivity index (χ0) is 25.3. The number of carbonyl (C=O) groups excluding carboxylic acids is 3. The normalized spacial score (nSPS) is 19.5. The fraction of sp³-hybridized carbons (Fsp3) is 0.773. The minimum absolute atomic E-state index is 0.0384. The number of nitrogens with one attached hydrogen (secondary N) is 2. The monoisotopic (exact) mass is 470 g/mol. The van der Waals surface area contributed by atoms with Crippen LogP contribution in [0.25, 0.3) is 0 Å². The molecule has 1 saturated heterocycles. The summed E-state index contributed by atoms with van der Waals surface area (Å²) in [5.74, 6) is -4.02. The Morgan fingerprint density at radius 3 is 2.24 bits per heavy atom. The van der Waals surface area contributed by atoms with Crippen LogP contribution in [0.15, 0.2) is 0 Å². The fourth-order valence-electron chi connectivity index (χ4n) is 3.82. The lowest BCUT2D eigenvalue weighted by molar-refractivity contribution is -0.144. The Balaban J connectivity index is 2.92. The first-order valence-corrected chi connectivity index (χ1v) is 11.5. The van der Waals surface area contributed by atoms with Crippen molar-refractivity contribution in [1.29, 1.82) is 0 Å². The van der Waals surface area contributed by atoms with E-state index in [9.17, 15) is 29.1 Å². The highest BCUT2D eigenvalue weighted by atomic mass is 16.4. The number of nitrogens with zero attached hydrogens (tertiary/aromatic N) is 1. The van der Waals surface area contributed by atoms with Crippen molar-refractivity contribution in [3.05, 3.63) is 0 Å². The molecule has 1 rings (SSSR count). The van der Waals surface area contributed by atoms with E-state index in [1.807, 2.05) is 20.8 Å². The van der Waals surface area contributed by atoms with E-state index in [1.165, 1.54) is 4.90 Å². The van der Waals surface area contributed by atoms with Crippen molar-refractivity contribution < 1.29 is 34.2 Å². The van der Waals surface area contributed by atoms with Gasteiger partial charge in [0.1, 0.15) is 18.1 Å². The van der Waals surface area contributed by atoms with E-state index in [2.05, 4.69) is 10.6 Å². The summed E-state index contributed by atoms with van der Waals surface area (Å²) in [7, 11) is 0. The Morgan fingerprint density at radius 1 is 1.09 bits per heavy atom.